The standard InChI is InChI=1S/C35H32ClN3O8S/c1-20(32(40)37-24-13-14-27(36)26(18-24)35(43)44)48-25-12-8-11-23(17-25)38-34(42)28(39-33(41)21-9-6-5-7-10-21)15-22-16-30(46-3)31(47-4)19-29(22)45-2/h5-20H,1-4H3,(H,37,40)(H,38,42)(H,39,41)(H,43,44)/b28-15+. The third kappa shape index (κ3) is 9.08. The number of halogens is 1. The van der Waals surface area contributed by atoms with Crippen LogP contribution in [0.15, 0.2) is 95.5 Å². The molecule has 4 aromatic carbocycles. The number of carboxylic acid groups (broad SMARTS) is 1. The van der Waals surface area contributed by atoms with Crippen molar-refractivity contribution in [3.63, 3.8) is 0 Å². The van der Waals surface area contributed by atoms with E-state index in [2.05, 4.69) is 16.0 Å². The number of thioether (sulfide) groups is 1. The Morgan fingerprint density at radius 3 is 2.12 bits per heavy atom. The van der Waals surface area contributed by atoms with Gasteiger partial charge in [0.25, 0.3) is 11.8 Å². The fourth-order valence-electron chi connectivity index (χ4n) is 4.38. The summed E-state index contributed by atoms with van der Waals surface area (Å²) in [6.07, 6.45) is 1.47. The van der Waals surface area contributed by atoms with Crippen LogP contribution in [0.3, 0.4) is 0 Å². The lowest BCUT2D eigenvalue weighted by Gasteiger charge is -2.15. The van der Waals surface area contributed by atoms with E-state index in [0.29, 0.717) is 44.6 Å². The summed E-state index contributed by atoms with van der Waals surface area (Å²) in [7, 11) is 4.43. The van der Waals surface area contributed by atoms with Crippen LogP contribution in [0.2, 0.25) is 5.02 Å². The zero-order valence-electron chi connectivity index (χ0n) is 26.3. The van der Waals surface area contributed by atoms with Gasteiger partial charge in [-0.05, 0) is 67.6 Å². The van der Waals surface area contributed by atoms with Gasteiger partial charge in [0, 0.05) is 33.5 Å². The molecule has 0 spiro atoms. The van der Waals surface area contributed by atoms with E-state index in [1.807, 2.05) is 0 Å². The van der Waals surface area contributed by atoms with Crippen LogP contribution in [-0.4, -0.2) is 55.4 Å². The molecule has 0 saturated carbocycles. The molecule has 0 aromatic heterocycles. The van der Waals surface area contributed by atoms with Crippen LogP contribution in [0.1, 0.15) is 33.2 Å². The number of ether oxygens (including phenoxy) is 3. The molecule has 11 nitrogen and oxygen atoms in total. The van der Waals surface area contributed by atoms with Crippen LogP contribution < -0.4 is 30.2 Å². The second-order valence-electron chi connectivity index (χ2n) is 10.1. The van der Waals surface area contributed by atoms with Crippen LogP contribution in [0.5, 0.6) is 17.2 Å². The van der Waals surface area contributed by atoms with E-state index >= 15 is 0 Å². The normalized spacial score (nSPS) is 11.6. The molecule has 248 valence electrons. The SMILES string of the molecule is COc1cc(OC)c(OC)cc1/C=C(/NC(=O)c1ccccc1)C(=O)Nc1cccc(SC(C)C(=O)Nc2ccc(Cl)c(C(=O)O)c2)c1. The average Bonchev–Trinajstić information content (AvgIpc) is 3.08. The summed E-state index contributed by atoms with van der Waals surface area (Å²) in [5.41, 5.74) is 1.27. The number of methoxy groups -OCH3 is 3. The third-order valence-electron chi connectivity index (χ3n) is 6.80. The largest absolute Gasteiger partial charge is 0.496 e. The zero-order chi connectivity index (χ0) is 34.8. The highest BCUT2D eigenvalue weighted by Gasteiger charge is 2.20. The maximum Gasteiger partial charge on any atom is 0.337 e. The Labute approximate surface area is 286 Å². The van der Waals surface area contributed by atoms with E-state index in [1.165, 1.54) is 57.4 Å². The lowest BCUT2D eigenvalue weighted by molar-refractivity contribution is -0.115. The summed E-state index contributed by atoms with van der Waals surface area (Å²) in [5.74, 6) is -1.53. The summed E-state index contributed by atoms with van der Waals surface area (Å²) in [4.78, 5) is 51.8. The fraction of sp³-hybridized carbons (Fsp3) is 0.143. The van der Waals surface area contributed by atoms with Crippen molar-refractivity contribution < 1.29 is 38.5 Å². The molecule has 0 saturated heterocycles. The van der Waals surface area contributed by atoms with Crippen LogP contribution in [-0.2, 0) is 9.59 Å². The first kappa shape index (κ1) is 35.4. The number of amides is 3. The zero-order valence-corrected chi connectivity index (χ0v) is 27.9. The summed E-state index contributed by atoms with van der Waals surface area (Å²) in [6, 6.07) is 22.7. The van der Waals surface area contributed by atoms with E-state index in [9.17, 15) is 24.3 Å². The molecule has 48 heavy (non-hydrogen) atoms. The van der Waals surface area contributed by atoms with E-state index in [4.69, 9.17) is 25.8 Å². The number of anilines is 2. The van der Waals surface area contributed by atoms with Crippen LogP contribution in [0.4, 0.5) is 11.4 Å². The minimum Gasteiger partial charge on any atom is -0.496 e. The Bertz CT molecular complexity index is 1870. The summed E-state index contributed by atoms with van der Waals surface area (Å²) >= 11 is 7.16. The second-order valence-corrected chi connectivity index (χ2v) is 11.9. The van der Waals surface area contributed by atoms with Crippen molar-refractivity contribution in [1.29, 1.82) is 0 Å². The van der Waals surface area contributed by atoms with Crippen LogP contribution in [0, 0.1) is 0 Å². The van der Waals surface area contributed by atoms with E-state index in [1.54, 1.807) is 73.7 Å². The van der Waals surface area contributed by atoms with Gasteiger partial charge in [-0.1, -0.05) is 35.9 Å². The highest BCUT2D eigenvalue weighted by molar-refractivity contribution is 8.00. The van der Waals surface area contributed by atoms with Crippen molar-refractivity contribution in [2.45, 2.75) is 17.1 Å². The predicted molar refractivity (Wildman–Crippen MR) is 185 cm³/mol. The van der Waals surface area contributed by atoms with Crippen molar-refractivity contribution >= 4 is 64.5 Å². The van der Waals surface area contributed by atoms with Gasteiger partial charge in [-0.25, -0.2) is 4.79 Å². The number of carbonyl (C=O) groups is 4. The highest BCUT2D eigenvalue weighted by atomic mass is 35.5. The monoisotopic (exact) mass is 689 g/mol. The van der Waals surface area contributed by atoms with Crippen molar-refractivity contribution in [1.82, 2.24) is 5.32 Å². The molecule has 0 aliphatic rings. The fourth-order valence-corrected chi connectivity index (χ4v) is 5.50. The van der Waals surface area contributed by atoms with Gasteiger partial charge in [0.1, 0.15) is 11.4 Å². The van der Waals surface area contributed by atoms with Crippen molar-refractivity contribution in [2.75, 3.05) is 32.0 Å². The molecule has 0 bridgehead atoms. The predicted octanol–water partition coefficient (Wildman–Crippen LogP) is 6.59. The molecular formula is C35H32ClN3O8S. The molecule has 0 aliphatic heterocycles. The van der Waals surface area contributed by atoms with E-state index < -0.39 is 23.0 Å². The van der Waals surface area contributed by atoms with Crippen molar-refractivity contribution in [3.8, 4) is 17.2 Å². The van der Waals surface area contributed by atoms with Gasteiger partial charge < -0.3 is 35.3 Å². The maximum atomic E-state index is 13.7. The lowest BCUT2D eigenvalue weighted by Crippen LogP contribution is -2.30. The van der Waals surface area contributed by atoms with Gasteiger partial charge in [-0.15, -0.1) is 11.8 Å². The molecule has 13 heteroatoms. The molecule has 0 aliphatic carbocycles. The molecule has 3 amide bonds. The summed E-state index contributed by atoms with van der Waals surface area (Å²) in [5, 5.41) is 17.0. The van der Waals surface area contributed by atoms with Crippen molar-refractivity contribution in [2.24, 2.45) is 0 Å². The molecule has 4 N–H and O–H groups in total. The third-order valence-corrected chi connectivity index (χ3v) is 8.23. The van der Waals surface area contributed by atoms with Gasteiger partial charge in [-0.3, -0.25) is 14.4 Å². The number of carboxylic acids is 1. The Hall–Kier alpha value is -5.46. The average molecular weight is 690 g/mol. The molecule has 0 heterocycles. The summed E-state index contributed by atoms with van der Waals surface area (Å²) < 4.78 is 16.3. The minimum atomic E-state index is -1.21. The van der Waals surface area contributed by atoms with Crippen LogP contribution >= 0.6 is 23.4 Å². The number of hydrogen-bond acceptors (Lipinski definition) is 8. The Morgan fingerprint density at radius 2 is 1.46 bits per heavy atom. The molecule has 4 rings (SSSR count). The van der Waals surface area contributed by atoms with Gasteiger partial charge in [0.05, 0.1) is 37.2 Å². The quantitative estimate of drug-likeness (QED) is 0.0899. The molecule has 1 unspecified atom stereocenters. The molecule has 4 aromatic rings. The smallest absolute Gasteiger partial charge is 0.337 e. The van der Waals surface area contributed by atoms with Crippen molar-refractivity contribution in [3.05, 3.63) is 112 Å². The Balaban J connectivity index is 1.56. The lowest BCUT2D eigenvalue weighted by atomic mass is 10.1. The van der Waals surface area contributed by atoms with Gasteiger partial charge in [0.2, 0.25) is 5.91 Å². The topological polar surface area (TPSA) is 152 Å². The first-order valence-corrected chi connectivity index (χ1v) is 15.6. The number of nitrogens with one attached hydrogen (secondary N) is 3. The number of rotatable bonds is 13. The molecule has 0 radical (unpaired) electrons. The molecule has 1 atom stereocenters. The maximum absolute atomic E-state index is 13.7. The number of aromatic carboxylic acids is 1. The minimum absolute atomic E-state index is 0.0577. The highest BCUT2D eigenvalue weighted by Crippen LogP contribution is 2.36. The van der Waals surface area contributed by atoms with Gasteiger partial charge >= 0.3 is 5.97 Å². The Kier molecular flexibility index (Phi) is 12.1. The molecule has 0 fully saturated rings. The number of hydrogen-bond donors (Lipinski definition) is 4. The van der Waals surface area contributed by atoms with Gasteiger partial charge in [0.15, 0.2) is 11.5 Å². The first-order chi connectivity index (χ1) is 23.0. The second kappa shape index (κ2) is 16.4. The van der Waals surface area contributed by atoms with Gasteiger partial charge in [-0.2, -0.15) is 0 Å². The van der Waals surface area contributed by atoms with E-state index in [0.717, 1.165) is 0 Å². The number of carbonyl (C=O) groups excluding carboxylic acids is 3. The number of benzene rings is 4. The summed E-state index contributed by atoms with van der Waals surface area (Å²) in [6.45, 7) is 1.69. The molecular weight excluding hydrogens is 658 g/mol. The van der Waals surface area contributed by atoms with Crippen LogP contribution in [0.25, 0.3) is 6.08 Å². The first-order valence-electron chi connectivity index (χ1n) is 14.3. The Morgan fingerprint density at radius 1 is 0.792 bits per heavy atom. The van der Waals surface area contributed by atoms with E-state index in [-0.39, 0.29) is 22.2 Å².